The van der Waals surface area contributed by atoms with Crippen LogP contribution in [0.5, 0.6) is 5.75 Å². The third kappa shape index (κ3) is 4.84. The van der Waals surface area contributed by atoms with Gasteiger partial charge in [0.1, 0.15) is 25.0 Å². The summed E-state index contributed by atoms with van der Waals surface area (Å²) >= 11 is 0. The fourth-order valence-electron chi connectivity index (χ4n) is 3.32. The Kier molecular flexibility index (Phi) is 6.37. The second-order valence-electron chi connectivity index (χ2n) is 6.99. The van der Waals surface area contributed by atoms with E-state index in [0.29, 0.717) is 19.0 Å². The minimum absolute atomic E-state index is 0.210. The molecular weight excluding hydrogens is 378 g/mol. The Morgan fingerprint density at radius 2 is 1.70 bits per heavy atom. The molecule has 0 aliphatic carbocycles. The van der Waals surface area contributed by atoms with Gasteiger partial charge < -0.3 is 14.2 Å². The van der Waals surface area contributed by atoms with Crippen molar-refractivity contribution in [3.8, 4) is 11.4 Å². The van der Waals surface area contributed by atoms with E-state index in [-0.39, 0.29) is 6.79 Å². The molecule has 0 aliphatic heterocycles. The highest BCUT2D eigenvalue weighted by Gasteiger charge is 2.10. The Labute approximate surface area is 176 Å². The predicted molar refractivity (Wildman–Crippen MR) is 116 cm³/mol. The first kappa shape index (κ1) is 20.1. The van der Waals surface area contributed by atoms with E-state index in [0.717, 1.165) is 23.7 Å². The van der Waals surface area contributed by atoms with Crippen LogP contribution >= 0.6 is 0 Å². The lowest BCUT2D eigenvalue weighted by molar-refractivity contribution is -0.0626. The van der Waals surface area contributed by atoms with E-state index in [1.54, 1.807) is 11.8 Å². The summed E-state index contributed by atoms with van der Waals surface area (Å²) in [7, 11) is 1.65. The first-order chi connectivity index (χ1) is 14.7. The summed E-state index contributed by atoms with van der Waals surface area (Å²) in [5, 5.41) is 6.96. The van der Waals surface area contributed by atoms with Crippen molar-refractivity contribution in [3.05, 3.63) is 83.9 Å². The number of benzene rings is 3. The van der Waals surface area contributed by atoms with E-state index in [1.165, 1.54) is 16.3 Å². The summed E-state index contributed by atoms with van der Waals surface area (Å²) in [4.78, 5) is 4.46. The molecule has 0 fully saturated rings. The van der Waals surface area contributed by atoms with Crippen molar-refractivity contribution in [2.75, 3.05) is 20.5 Å². The molecule has 6 nitrogen and oxygen atoms in total. The Balaban J connectivity index is 1.26. The number of aromatic nitrogens is 3. The lowest BCUT2D eigenvalue weighted by Gasteiger charge is -2.09. The van der Waals surface area contributed by atoms with Crippen LogP contribution in [0.2, 0.25) is 0 Å². The molecule has 0 atom stereocenters. The lowest BCUT2D eigenvalue weighted by atomic mass is 10.1. The molecule has 1 aromatic heterocycles. The van der Waals surface area contributed by atoms with E-state index >= 15 is 0 Å². The zero-order valence-corrected chi connectivity index (χ0v) is 17.2. The van der Waals surface area contributed by atoms with Crippen LogP contribution in [0.4, 0.5) is 0 Å². The maximum absolute atomic E-state index is 5.68. The number of ether oxygens (including phenoxy) is 3. The molecule has 0 spiro atoms. The maximum atomic E-state index is 5.68. The molecule has 0 aliphatic rings. The SMILES string of the molecule is COc1ccc(-n2nc(C)nc2COCOCCc2ccc3ccccc3c2)cc1. The van der Waals surface area contributed by atoms with Crippen molar-refractivity contribution in [2.24, 2.45) is 0 Å². The maximum Gasteiger partial charge on any atom is 0.158 e. The van der Waals surface area contributed by atoms with Gasteiger partial charge >= 0.3 is 0 Å². The molecule has 0 amide bonds. The highest BCUT2D eigenvalue weighted by atomic mass is 16.7. The van der Waals surface area contributed by atoms with E-state index in [4.69, 9.17) is 14.2 Å². The monoisotopic (exact) mass is 403 g/mol. The van der Waals surface area contributed by atoms with Gasteiger partial charge in [0.05, 0.1) is 19.4 Å². The van der Waals surface area contributed by atoms with Gasteiger partial charge in [-0.1, -0.05) is 42.5 Å². The van der Waals surface area contributed by atoms with Crippen LogP contribution in [0.25, 0.3) is 16.5 Å². The van der Waals surface area contributed by atoms with Gasteiger partial charge in [-0.05, 0) is 53.9 Å². The zero-order chi connectivity index (χ0) is 20.8. The summed E-state index contributed by atoms with van der Waals surface area (Å²) in [6, 6.07) is 22.5. The second kappa shape index (κ2) is 9.52. The highest BCUT2D eigenvalue weighted by Crippen LogP contribution is 2.17. The van der Waals surface area contributed by atoms with Crippen LogP contribution in [0.3, 0.4) is 0 Å². The fraction of sp³-hybridized carbons (Fsp3) is 0.250. The van der Waals surface area contributed by atoms with Gasteiger partial charge in [0, 0.05) is 0 Å². The molecule has 154 valence electrons. The van der Waals surface area contributed by atoms with Crippen molar-refractivity contribution >= 4 is 10.8 Å². The molecule has 0 N–H and O–H groups in total. The Bertz CT molecular complexity index is 1110. The van der Waals surface area contributed by atoms with Crippen molar-refractivity contribution in [2.45, 2.75) is 20.0 Å². The van der Waals surface area contributed by atoms with Gasteiger partial charge in [0.2, 0.25) is 0 Å². The molecule has 4 rings (SSSR count). The van der Waals surface area contributed by atoms with Crippen molar-refractivity contribution < 1.29 is 14.2 Å². The molecule has 0 bridgehead atoms. The highest BCUT2D eigenvalue weighted by molar-refractivity contribution is 5.82. The van der Waals surface area contributed by atoms with Gasteiger partial charge in [-0.15, -0.1) is 0 Å². The van der Waals surface area contributed by atoms with Crippen LogP contribution in [0.15, 0.2) is 66.7 Å². The molecule has 0 saturated heterocycles. The minimum Gasteiger partial charge on any atom is -0.497 e. The molecule has 1 heterocycles. The molecule has 6 heteroatoms. The number of fused-ring (bicyclic) bond motifs is 1. The largest absolute Gasteiger partial charge is 0.497 e. The summed E-state index contributed by atoms with van der Waals surface area (Å²) in [5.41, 5.74) is 2.16. The molecule has 0 radical (unpaired) electrons. The summed E-state index contributed by atoms with van der Waals surface area (Å²) in [6.45, 7) is 3.00. The van der Waals surface area contributed by atoms with E-state index < -0.39 is 0 Å². The smallest absolute Gasteiger partial charge is 0.158 e. The van der Waals surface area contributed by atoms with E-state index in [2.05, 4.69) is 52.5 Å². The first-order valence-corrected chi connectivity index (χ1v) is 9.93. The summed E-state index contributed by atoms with van der Waals surface area (Å²) in [6.07, 6.45) is 0.843. The Hall–Kier alpha value is -3.22. The number of aryl methyl sites for hydroxylation is 1. The van der Waals surface area contributed by atoms with Gasteiger partial charge in [-0.25, -0.2) is 9.67 Å². The fourth-order valence-corrected chi connectivity index (χ4v) is 3.32. The normalized spacial score (nSPS) is 11.1. The summed E-state index contributed by atoms with van der Waals surface area (Å²) < 4.78 is 18.3. The number of rotatable bonds is 9. The topological polar surface area (TPSA) is 58.4 Å². The van der Waals surface area contributed by atoms with E-state index in [1.807, 2.05) is 31.2 Å². The second-order valence-corrected chi connectivity index (χ2v) is 6.99. The lowest BCUT2D eigenvalue weighted by Crippen LogP contribution is -2.08. The van der Waals surface area contributed by atoms with Crippen molar-refractivity contribution in [1.29, 1.82) is 0 Å². The number of nitrogens with zero attached hydrogens (tertiary/aromatic N) is 3. The molecule has 0 unspecified atom stereocenters. The van der Waals surface area contributed by atoms with E-state index in [9.17, 15) is 0 Å². The predicted octanol–water partition coefficient (Wildman–Crippen LogP) is 4.47. The average Bonchev–Trinajstić information content (AvgIpc) is 3.16. The van der Waals surface area contributed by atoms with Crippen LogP contribution in [-0.4, -0.2) is 35.3 Å². The third-order valence-corrected chi connectivity index (χ3v) is 4.84. The number of hydrogen-bond donors (Lipinski definition) is 0. The van der Waals surface area contributed by atoms with Crippen LogP contribution in [-0.2, 0) is 22.5 Å². The number of methoxy groups -OCH3 is 1. The van der Waals surface area contributed by atoms with Crippen LogP contribution < -0.4 is 4.74 Å². The van der Waals surface area contributed by atoms with Gasteiger partial charge in [0.15, 0.2) is 5.82 Å². The summed E-state index contributed by atoms with van der Waals surface area (Å²) in [5.74, 6) is 2.23. The molecule has 4 aromatic rings. The first-order valence-electron chi connectivity index (χ1n) is 9.93. The third-order valence-electron chi connectivity index (χ3n) is 4.84. The van der Waals surface area contributed by atoms with Crippen molar-refractivity contribution in [1.82, 2.24) is 14.8 Å². The van der Waals surface area contributed by atoms with Crippen molar-refractivity contribution in [3.63, 3.8) is 0 Å². The van der Waals surface area contributed by atoms with Crippen LogP contribution in [0.1, 0.15) is 17.2 Å². The minimum atomic E-state index is 0.210. The Morgan fingerprint density at radius 1 is 0.900 bits per heavy atom. The Morgan fingerprint density at radius 3 is 2.50 bits per heavy atom. The van der Waals surface area contributed by atoms with Gasteiger partial charge in [-0.2, -0.15) is 5.10 Å². The molecule has 30 heavy (non-hydrogen) atoms. The quantitative estimate of drug-likeness (QED) is 0.305. The average molecular weight is 403 g/mol. The van der Waals surface area contributed by atoms with Gasteiger partial charge in [0.25, 0.3) is 0 Å². The number of hydrogen-bond acceptors (Lipinski definition) is 5. The molecule has 3 aromatic carbocycles. The molecular formula is C24H25N3O3. The van der Waals surface area contributed by atoms with Crippen LogP contribution in [0, 0.1) is 6.92 Å². The molecule has 0 saturated carbocycles. The van der Waals surface area contributed by atoms with Gasteiger partial charge in [-0.3, -0.25) is 0 Å². The zero-order valence-electron chi connectivity index (χ0n) is 17.2. The standard InChI is InChI=1S/C24H25N3O3/c1-18-25-24(27(26-18)22-9-11-23(28-2)12-10-22)16-30-17-29-14-13-19-7-8-20-5-3-4-6-21(20)15-19/h3-12,15H,13-14,16-17H2,1-2H3.